The maximum Gasteiger partial charge on any atom is 0.135 e. The minimum Gasteiger partial charge on any atom is -0.496 e. The standard InChI is InChI=1S/C19H18ClN3O3/c1-24-13-9-18(25-2)15(19(10-13)26-3)11-22-23-16-6-7-21-17-8-12(20)4-5-14(16)17/h4-11H,1-3H3,(H,21,23)/b22-11+. The Kier molecular flexibility index (Phi) is 5.43. The number of rotatable bonds is 6. The summed E-state index contributed by atoms with van der Waals surface area (Å²) in [5.74, 6) is 1.83. The molecule has 0 saturated heterocycles. The van der Waals surface area contributed by atoms with Crippen LogP contribution in [0.15, 0.2) is 47.7 Å². The van der Waals surface area contributed by atoms with E-state index in [0.29, 0.717) is 27.8 Å². The molecular weight excluding hydrogens is 354 g/mol. The highest BCUT2D eigenvalue weighted by atomic mass is 35.5. The Hall–Kier alpha value is -2.99. The van der Waals surface area contributed by atoms with Crippen LogP contribution in [0.4, 0.5) is 5.69 Å². The number of hydrogen-bond donors (Lipinski definition) is 1. The number of hydrogen-bond acceptors (Lipinski definition) is 6. The third-order valence-electron chi connectivity index (χ3n) is 3.84. The van der Waals surface area contributed by atoms with E-state index < -0.39 is 0 Å². The fourth-order valence-electron chi connectivity index (χ4n) is 2.54. The number of methoxy groups -OCH3 is 3. The summed E-state index contributed by atoms with van der Waals surface area (Å²) in [5.41, 5.74) is 5.33. The summed E-state index contributed by atoms with van der Waals surface area (Å²) in [7, 11) is 4.75. The van der Waals surface area contributed by atoms with Crippen molar-refractivity contribution in [1.29, 1.82) is 0 Å². The second-order valence-electron chi connectivity index (χ2n) is 5.34. The highest BCUT2D eigenvalue weighted by Crippen LogP contribution is 2.32. The molecule has 1 N–H and O–H groups in total. The number of fused-ring (bicyclic) bond motifs is 1. The highest BCUT2D eigenvalue weighted by Gasteiger charge is 2.11. The number of halogens is 1. The smallest absolute Gasteiger partial charge is 0.135 e. The van der Waals surface area contributed by atoms with Crippen molar-refractivity contribution in [3.63, 3.8) is 0 Å². The number of pyridine rings is 1. The fourth-order valence-corrected chi connectivity index (χ4v) is 2.71. The van der Waals surface area contributed by atoms with Gasteiger partial charge in [-0.3, -0.25) is 10.4 Å². The van der Waals surface area contributed by atoms with Crippen molar-refractivity contribution in [3.05, 3.63) is 53.2 Å². The summed E-state index contributed by atoms with van der Waals surface area (Å²) in [6, 6.07) is 10.9. The fraction of sp³-hybridized carbons (Fsp3) is 0.158. The van der Waals surface area contributed by atoms with Gasteiger partial charge in [-0.1, -0.05) is 11.6 Å². The zero-order valence-corrected chi connectivity index (χ0v) is 15.4. The summed E-state index contributed by atoms with van der Waals surface area (Å²) in [6.07, 6.45) is 3.34. The summed E-state index contributed by atoms with van der Waals surface area (Å²) in [4.78, 5) is 4.31. The van der Waals surface area contributed by atoms with Gasteiger partial charge in [0.2, 0.25) is 0 Å². The summed E-state index contributed by atoms with van der Waals surface area (Å²) < 4.78 is 16.1. The maximum atomic E-state index is 6.02. The molecule has 3 rings (SSSR count). The van der Waals surface area contributed by atoms with E-state index in [4.69, 9.17) is 25.8 Å². The van der Waals surface area contributed by atoms with E-state index in [2.05, 4.69) is 15.5 Å². The van der Waals surface area contributed by atoms with Crippen molar-refractivity contribution < 1.29 is 14.2 Å². The average molecular weight is 372 g/mol. The van der Waals surface area contributed by atoms with Crippen LogP contribution < -0.4 is 19.6 Å². The molecule has 0 amide bonds. The van der Waals surface area contributed by atoms with E-state index in [0.717, 1.165) is 16.6 Å². The molecule has 2 aromatic carbocycles. The molecule has 0 bridgehead atoms. The molecule has 3 aromatic rings. The van der Waals surface area contributed by atoms with E-state index in [-0.39, 0.29) is 0 Å². The van der Waals surface area contributed by atoms with E-state index in [1.807, 2.05) is 18.2 Å². The molecule has 0 fully saturated rings. The molecule has 134 valence electrons. The van der Waals surface area contributed by atoms with Crippen LogP contribution in [-0.2, 0) is 0 Å². The van der Waals surface area contributed by atoms with Gasteiger partial charge in [-0.25, -0.2) is 0 Å². The molecule has 6 nitrogen and oxygen atoms in total. The molecule has 7 heteroatoms. The highest BCUT2D eigenvalue weighted by molar-refractivity contribution is 6.31. The van der Waals surface area contributed by atoms with Gasteiger partial charge in [0.25, 0.3) is 0 Å². The Morgan fingerprint density at radius 3 is 2.38 bits per heavy atom. The number of nitrogens with one attached hydrogen (secondary N) is 1. The van der Waals surface area contributed by atoms with Crippen LogP contribution in [-0.4, -0.2) is 32.5 Å². The Labute approximate surface area is 156 Å². The van der Waals surface area contributed by atoms with Crippen LogP contribution in [0.1, 0.15) is 5.56 Å². The second kappa shape index (κ2) is 7.93. The number of aromatic nitrogens is 1. The third kappa shape index (κ3) is 3.65. The van der Waals surface area contributed by atoms with Gasteiger partial charge < -0.3 is 14.2 Å². The SMILES string of the molecule is COc1cc(OC)c(/C=N/Nc2ccnc3cc(Cl)ccc23)c(OC)c1. The van der Waals surface area contributed by atoms with Crippen molar-refractivity contribution in [2.45, 2.75) is 0 Å². The summed E-state index contributed by atoms with van der Waals surface area (Å²) in [6.45, 7) is 0. The molecule has 0 saturated carbocycles. The van der Waals surface area contributed by atoms with Gasteiger partial charge in [-0.05, 0) is 24.3 Å². The summed E-state index contributed by atoms with van der Waals surface area (Å²) >= 11 is 6.02. The predicted molar refractivity (Wildman–Crippen MR) is 104 cm³/mol. The van der Waals surface area contributed by atoms with Crippen LogP contribution in [0.5, 0.6) is 17.2 Å². The van der Waals surface area contributed by atoms with Crippen molar-refractivity contribution in [3.8, 4) is 17.2 Å². The molecule has 0 unspecified atom stereocenters. The van der Waals surface area contributed by atoms with Crippen molar-refractivity contribution in [1.82, 2.24) is 4.98 Å². The first-order valence-electron chi connectivity index (χ1n) is 7.79. The molecule has 1 aromatic heterocycles. The zero-order valence-electron chi connectivity index (χ0n) is 14.6. The Bertz CT molecular complexity index is 935. The average Bonchev–Trinajstić information content (AvgIpc) is 2.67. The van der Waals surface area contributed by atoms with Gasteiger partial charge in [-0.15, -0.1) is 0 Å². The monoisotopic (exact) mass is 371 g/mol. The number of benzene rings is 2. The van der Waals surface area contributed by atoms with Crippen molar-refractivity contribution >= 4 is 34.4 Å². The molecule has 0 aliphatic heterocycles. The molecular formula is C19H18ClN3O3. The predicted octanol–water partition coefficient (Wildman–Crippen LogP) is 4.36. The molecule has 26 heavy (non-hydrogen) atoms. The number of anilines is 1. The number of nitrogens with zero attached hydrogens (tertiary/aromatic N) is 2. The maximum absolute atomic E-state index is 6.02. The van der Waals surface area contributed by atoms with Crippen LogP contribution in [0.2, 0.25) is 5.02 Å². The lowest BCUT2D eigenvalue weighted by Gasteiger charge is -2.12. The lowest BCUT2D eigenvalue weighted by molar-refractivity contribution is 0.374. The molecule has 0 radical (unpaired) electrons. The van der Waals surface area contributed by atoms with Crippen molar-refractivity contribution in [2.75, 3.05) is 26.8 Å². The Morgan fingerprint density at radius 2 is 1.73 bits per heavy atom. The quantitative estimate of drug-likeness (QED) is 0.515. The molecule has 1 heterocycles. The largest absolute Gasteiger partial charge is 0.496 e. The first-order valence-corrected chi connectivity index (χ1v) is 8.17. The Balaban J connectivity index is 1.92. The van der Waals surface area contributed by atoms with E-state index in [1.54, 1.807) is 51.9 Å². The van der Waals surface area contributed by atoms with Gasteiger partial charge in [0.05, 0.1) is 44.3 Å². The molecule has 0 spiro atoms. The Morgan fingerprint density at radius 1 is 1.00 bits per heavy atom. The number of ether oxygens (including phenoxy) is 3. The van der Waals surface area contributed by atoms with Gasteiger partial charge in [0.15, 0.2) is 0 Å². The first-order chi connectivity index (χ1) is 12.7. The lowest BCUT2D eigenvalue weighted by atomic mass is 10.2. The van der Waals surface area contributed by atoms with Gasteiger partial charge in [0, 0.05) is 28.7 Å². The van der Waals surface area contributed by atoms with Gasteiger partial charge in [0.1, 0.15) is 17.2 Å². The van der Waals surface area contributed by atoms with Gasteiger partial charge >= 0.3 is 0 Å². The summed E-state index contributed by atoms with van der Waals surface area (Å²) in [5, 5.41) is 5.88. The van der Waals surface area contributed by atoms with E-state index >= 15 is 0 Å². The van der Waals surface area contributed by atoms with Crippen LogP contribution >= 0.6 is 11.6 Å². The van der Waals surface area contributed by atoms with Crippen LogP contribution in [0, 0.1) is 0 Å². The van der Waals surface area contributed by atoms with E-state index in [9.17, 15) is 0 Å². The minimum absolute atomic E-state index is 0.595. The van der Waals surface area contributed by atoms with E-state index in [1.165, 1.54) is 0 Å². The molecule has 0 atom stereocenters. The lowest BCUT2D eigenvalue weighted by Crippen LogP contribution is -1.99. The second-order valence-corrected chi connectivity index (χ2v) is 5.77. The topological polar surface area (TPSA) is 65.0 Å². The molecule has 0 aliphatic rings. The first kappa shape index (κ1) is 17.8. The van der Waals surface area contributed by atoms with Crippen LogP contribution in [0.3, 0.4) is 0 Å². The number of hydrazone groups is 1. The minimum atomic E-state index is 0.595. The third-order valence-corrected chi connectivity index (χ3v) is 4.07. The molecule has 0 aliphatic carbocycles. The van der Waals surface area contributed by atoms with Crippen molar-refractivity contribution in [2.24, 2.45) is 5.10 Å². The van der Waals surface area contributed by atoms with Crippen LogP contribution in [0.25, 0.3) is 10.9 Å². The van der Waals surface area contributed by atoms with Gasteiger partial charge in [-0.2, -0.15) is 5.10 Å². The zero-order chi connectivity index (χ0) is 18.5. The normalized spacial score (nSPS) is 10.9.